The topological polar surface area (TPSA) is 49.6 Å². The largest absolute Gasteiger partial charge is 0.369 e. The van der Waals surface area contributed by atoms with Crippen LogP contribution in [-0.2, 0) is 11.2 Å². The molecule has 0 saturated carbocycles. The third-order valence-electron chi connectivity index (χ3n) is 5.71. The van der Waals surface area contributed by atoms with Crippen LogP contribution in [0.4, 0.5) is 5.69 Å². The average Bonchev–Trinajstić information content (AvgIpc) is 3.12. The van der Waals surface area contributed by atoms with Crippen LogP contribution >= 0.6 is 0 Å². The summed E-state index contributed by atoms with van der Waals surface area (Å²) in [4.78, 5) is 20.1. The summed E-state index contributed by atoms with van der Waals surface area (Å²) in [5.41, 5.74) is 8.13. The Labute approximate surface area is 164 Å². The fraction of sp³-hybridized carbons (Fsp3) is 0.304. The Bertz CT molecular complexity index is 1120. The first-order chi connectivity index (χ1) is 13.6. The number of Topliss-reactive ketones (excluding diaryl/α,β-unsaturated/α-hetero) is 1. The second kappa shape index (κ2) is 6.60. The van der Waals surface area contributed by atoms with Crippen molar-refractivity contribution in [3.63, 3.8) is 0 Å². The molecule has 0 radical (unpaired) electrons. The standard InChI is InChI=1S/C23H24N4O/c1-15-9-16(2)23-25-21(14-27(23)13-15)20-11-17-3-4-19(10-18(17)12-22(20)28)26-7-5-24-6-8-26/h3-4,9-11,13-14,24H,5-8,12H2,1-2H3. The van der Waals surface area contributed by atoms with Crippen molar-refractivity contribution in [3.8, 4) is 0 Å². The summed E-state index contributed by atoms with van der Waals surface area (Å²) in [7, 11) is 0. The predicted octanol–water partition coefficient (Wildman–Crippen LogP) is 3.03. The molecule has 5 rings (SSSR count). The number of hydrogen-bond donors (Lipinski definition) is 1. The molecule has 3 aromatic rings. The highest BCUT2D eigenvalue weighted by Crippen LogP contribution is 2.31. The smallest absolute Gasteiger partial charge is 0.169 e. The number of benzene rings is 1. The molecule has 0 spiro atoms. The molecule has 1 saturated heterocycles. The van der Waals surface area contributed by atoms with Gasteiger partial charge in [-0.1, -0.05) is 12.1 Å². The molecule has 1 fully saturated rings. The van der Waals surface area contributed by atoms with Crippen molar-refractivity contribution in [3.05, 3.63) is 64.6 Å². The minimum Gasteiger partial charge on any atom is -0.369 e. The minimum absolute atomic E-state index is 0.141. The lowest BCUT2D eigenvalue weighted by Gasteiger charge is -2.30. The molecule has 0 amide bonds. The highest BCUT2D eigenvalue weighted by atomic mass is 16.1. The number of rotatable bonds is 2. The van der Waals surface area contributed by atoms with Crippen molar-refractivity contribution < 1.29 is 4.79 Å². The molecule has 3 heterocycles. The van der Waals surface area contributed by atoms with Crippen molar-refractivity contribution in [2.24, 2.45) is 0 Å². The molecule has 2 aromatic heterocycles. The van der Waals surface area contributed by atoms with E-state index in [1.807, 2.05) is 16.7 Å². The molecule has 1 aliphatic heterocycles. The molecule has 142 valence electrons. The third kappa shape index (κ3) is 2.92. The van der Waals surface area contributed by atoms with Gasteiger partial charge in [-0.3, -0.25) is 4.79 Å². The van der Waals surface area contributed by atoms with Gasteiger partial charge in [-0.05, 0) is 54.3 Å². The first-order valence-corrected chi connectivity index (χ1v) is 9.88. The average molecular weight is 372 g/mol. The summed E-state index contributed by atoms with van der Waals surface area (Å²) in [6, 6.07) is 8.62. The lowest BCUT2D eigenvalue weighted by atomic mass is 9.89. The summed E-state index contributed by atoms with van der Waals surface area (Å²) in [6.45, 7) is 8.16. The molecule has 2 aliphatic rings. The first kappa shape index (κ1) is 17.2. The van der Waals surface area contributed by atoms with E-state index < -0.39 is 0 Å². The quantitative estimate of drug-likeness (QED) is 0.751. The number of aryl methyl sites for hydroxylation is 2. The lowest BCUT2D eigenvalue weighted by molar-refractivity contribution is -0.113. The van der Waals surface area contributed by atoms with Gasteiger partial charge in [0, 0.05) is 56.3 Å². The van der Waals surface area contributed by atoms with Crippen molar-refractivity contribution in [2.75, 3.05) is 31.1 Å². The minimum atomic E-state index is 0.141. The summed E-state index contributed by atoms with van der Waals surface area (Å²) in [5.74, 6) is 0.141. The SMILES string of the molecule is Cc1cc(C)c2nc(C3=Cc4ccc(N5CCNCC5)cc4CC3=O)cn2c1. The number of nitrogens with zero attached hydrogens (tertiary/aromatic N) is 3. The van der Waals surface area contributed by atoms with Gasteiger partial charge >= 0.3 is 0 Å². The molecule has 5 heteroatoms. The Morgan fingerprint density at radius 3 is 2.71 bits per heavy atom. The number of fused-ring (bicyclic) bond motifs is 2. The Kier molecular flexibility index (Phi) is 4.05. The van der Waals surface area contributed by atoms with E-state index >= 15 is 0 Å². The number of imidazole rings is 1. The van der Waals surface area contributed by atoms with Crippen molar-refractivity contribution >= 4 is 28.8 Å². The van der Waals surface area contributed by atoms with Crippen molar-refractivity contribution in [2.45, 2.75) is 20.3 Å². The molecule has 1 aliphatic carbocycles. The summed E-state index contributed by atoms with van der Waals surface area (Å²) in [6.07, 6.45) is 6.47. The van der Waals surface area contributed by atoms with Gasteiger partial charge in [0.05, 0.1) is 5.69 Å². The molecule has 1 aromatic carbocycles. The number of allylic oxidation sites excluding steroid dienone is 1. The fourth-order valence-electron chi connectivity index (χ4n) is 4.30. The molecule has 0 unspecified atom stereocenters. The molecule has 1 N–H and O–H groups in total. The zero-order valence-electron chi connectivity index (χ0n) is 16.3. The van der Waals surface area contributed by atoms with Gasteiger partial charge in [-0.2, -0.15) is 0 Å². The van der Waals surface area contributed by atoms with Gasteiger partial charge in [-0.15, -0.1) is 0 Å². The number of nitrogens with one attached hydrogen (secondary N) is 1. The van der Waals surface area contributed by atoms with Gasteiger partial charge in [0.25, 0.3) is 0 Å². The number of hydrogen-bond acceptors (Lipinski definition) is 4. The highest BCUT2D eigenvalue weighted by Gasteiger charge is 2.23. The molecular weight excluding hydrogens is 348 g/mol. The van der Waals surface area contributed by atoms with Crippen LogP contribution in [-0.4, -0.2) is 41.3 Å². The Balaban J connectivity index is 1.53. The van der Waals surface area contributed by atoms with Crippen LogP contribution in [0.2, 0.25) is 0 Å². The van der Waals surface area contributed by atoms with Gasteiger partial charge in [0.2, 0.25) is 0 Å². The monoisotopic (exact) mass is 372 g/mol. The molecule has 5 nitrogen and oxygen atoms in total. The maximum Gasteiger partial charge on any atom is 0.169 e. The van der Waals surface area contributed by atoms with Crippen molar-refractivity contribution in [1.82, 2.24) is 14.7 Å². The van der Waals surface area contributed by atoms with Crippen LogP contribution < -0.4 is 10.2 Å². The summed E-state index contributed by atoms with van der Waals surface area (Å²) >= 11 is 0. The fourth-order valence-corrected chi connectivity index (χ4v) is 4.30. The van der Waals surface area contributed by atoms with Gasteiger partial charge < -0.3 is 14.6 Å². The summed E-state index contributed by atoms with van der Waals surface area (Å²) < 4.78 is 2.02. The normalized spacial score (nSPS) is 17.0. The summed E-state index contributed by atoms with van der Waals surface area (Å²) in [5, 5.41) is 3.38. The van der Waals surface area contributed by atoms with E-state index in [4.69, 9.17) is 4.98 Å². The number of anilines is 1. The highest BCUT2D eigenvalue weighted by molar-refractivity contribution is 6.27. The first-order valence-electron chi connectivity index (χ1n) is 9.88. The van der Waals surface area contributed by atoms with Crippen LogP contribution in [0.5, 0.6) is 0 Å². The Hall–Kier alpha value is -2.92. The van der Waals surface area contributed by atoms with E-state index in [1.165, 1.54) is 11.3 Å². The maximum absolute atomic E-state index is 12.9. The number of carbonyl (C=O) groups is 1. The van der Waals surface area contributed by atoms with Crippen LogP contribution in [0.1, 0.15) is 27.9 Å². The van der Waals surface area contributed by atoms with E-state index in [2.05, 4.69) is 54.5 Å². The van der Waals surface area contributed by atoms with E-state index in [9.17, 15) is 4.79 Å². The van der Waals surface area contributed by atoms with E-state index in [1.54, 1.807) is 0 Å². The molecule has 28 heavy (non-hydrogen) atoms. The zero-order valence-corrected chi connectivity index (χ0v) is 16.3. The van der Waals surface area contributed by atoms with Crippen molar-refractivity contribution in [1.29, 1.82) is 0 Å². The number of aromatic nitrogens is 2. The van der Waals surface area contributed by atoms with Crippen LogP contribution in [0.3, 0.4) is 0 Å². The maximum atomic E-state index is 12.9. The Morgan fingerprint density at radius 2 is 1.89 bits per heavy atom. The van der Waals surface area contributed by atoms with Gasteiger partial charge in [0.15, 0.2) is 5.78 Å². The second-order valence-corrected chi connectivity index (χ2v) is 7.84. The van der Waals surface area contributed by atoms with E-state index in [-0.39, 0.29) is 5.78 Å². The second-order valence-electron chi connectivity index (χ2n) is 7.84. The predicted molar refractivity (Wildman–Crippen MR) is 113 cm³/mol. The molecular formula is C23H24N4O. The van der Waals surface area contributed by atoms with Crippen LogP contribution in [0, 0.1) is 13.8 Å². The molecule has 0 atom stereocenters. The Morgan fingerprint density at radius 1 is 1.07 bits per heavy atom. The number of ketones is 1. The zero-order chi connectivity index (χ0) is 19.3. The van der Waals surface area contributed by atoms with E-state index in [0.717, 1.165) is 54.2 Å². The number of carbonyl (C=O) groups excluding carboxylic acids is 1. The van der Waals surface area contributed by atoms with Gasteiger partial charge in [-0.25, -0.2) is 4.98 Å². The molecule has 0 bridgehead atoms. The number of pyridine rings is 1. The van der Waals surface area contributed by atoms with Crippen LogP contribution in [0.15, 0.2) is 36.7 Å². The van der Waals surface area contributed by atoms with Crippen LogP contribution in [0.25, 0.3) is 17.3 Å². The van der Waals surface area contributed by atoms with E-state index in [0.29, 0.717) is 12.0 Å². The third-order valence-corrected chi connectivity index (χ3v) is 5.71. The van der Waals surface area contributed by atoms with Gasteiger partial charge in [0.1, 0.15) is 5.65 Å². The number of piperazine rings is 1. The lowest BCUT2D eigenvalue weighted by Crippen LogP contribution is -2.43.